The lowest BCUT2D eigenvalue weighted by Crippen LogP contribution is -2.24. The number of carbonyl (C=O) groups is 1. The Labute approximate surface area is 177 Å². The standard InChI is InChI=1S/C23H21N3O3S/c1-13-8-9-16(10-14(13)2)25-21(27)12-26-22(28)20(30-23(26)29)11-18-15(3)24-19-7-5-4-6-17(18)19/h4-11,28H,12H2,1-3H3,(H,25,27)/b18-11-. The summed E-state index contributed by atoms with van der Waals surface area (Å²) in [4.78, 5) is 29.4. The first kappa shape index (κ1) is 19.8. The fraction of sp³-hybridized carbons (Fsp3) is 0.174. The molecule has 4 rings (SSSR count). The number of aromatic hydroxyl groups is 1. The largest absolute Gasteiger partial charge is 0.493 e. The lowest BCUT2D eigenvalue weighted by atomic mass is 10.0. The van der Waals surface area contributed by atoms with Crippen molar-refractivity contribution in [3.05, 3.63) is 73.7 Å². The fourth-order valence-electron chi connectivity index (χ4n) is 3.36. The molecule has 0 unspecified atom stereocenters. The second-order valence-corrected chi connectivity index (χ2v) is 8.25. The number of rotatable bonds is 4. The maximum atomic E-state index is 12.4. The van der Waals surface area contributed by atoms with Gasteiger partial charge in [-0.2, -0.15) is 0 Å². The van der Waals surface area contributed by atoms with E-state index in [-0.39, 0.29) is 18.3 Å². The number of para-hydroxylation sites is 1. The summed E-state index contributed by atoms with van der Waals surface area (Å²) in [5.41, 5.74) is 6.33. The van der Waals surface area contributed by atoms with Crippen molar-refractivity contribution in [2.24, 2.45) is 4.99 Å². The highest BCUT2D eigenvalue weighted by atomic mass is 32.1. The molecule has 0 atom stereocenters. The Kier molecular flexibility index (Phi) is 5.13. The minimum absolute atomic E-state index is 0.218. The molecule has 3 aromatic rings. The van der Waals surface area contributed by atoms with Crippen LogP contribution in [0.4, 0.5) is 11.4 Å². The summed E-state index contributed by atoms with van der Waals surface area (Å²) >= 11 is 0.903. The number of thiazole rings is 1. The first-order valence-corrected chi connectivity index (χ1v) is 10.3. The van der Waals surface area contributed by atoms with E-state index in [1.54, 1.807) is 6.08 Å². The van der Waals surface area contributed by atoms with Gasteiger partial charge >= 0.3 is 4.87 Å². The van der Waals surface area contributed by atoms with E-state index in [0.29, 0.717) is 10.6 Å². The minimum Gasteiger partial charge on any atom is -0.493 e. The molecule has 0 bridgehead atoms. The molecular formula is C23H21N3O3S. The number of hydrogen-bond donors (Lipinski definition) is 2. The second kappa shape index (κ2) is 7.76. The van der Waals surface area contributed by atoms with Crippen LogP contribution in [-0.4, -0.2) is 21.3 Å². The van der Waals surface area contributed by atoms with Crippen LogP contribution in [0.5, 0.6) is 5.88 Å². The smallest absolute Gasteiger partial charge is 0.311 e. The number of carbonyl (C=O) groups excluding carboxylic acids is 1. The molecule has 0 saturated heterocycles. The molecule has 2 N–H and O–H groups in total. The van der Waals surface area contributed by atoms with Gasteiger partial charge in [-0.25, -0.2) is 0 Å². The first-order chi connectivity index (χ1) is 14.3. The maximum absolute atomic E-state index is 12.4. The molecule has 2 heterocycles. The molecule has 0 spiro atoms. The van der Waals surface area contributed by atoms with Gasteiger partial charge in [-0.15, -0.1) is 0 Å². The monoisotopic (exact) mass is 419 g/mol. The van der Waals surface area contributed by atoms with E-state index < -0.39 is 4.87 Å². The number of aromatic nitrogens is 1. The summed E-state index contributed by atoms with van der Waals surface area (Å²) in [5.74, 6) is -0.596. The quantitative estimate of drug-likeness (QED) is 0.652. The first-order valence-electron chi connectivity index (χ1n) is 9.50. The maximum Gasteiger partial charge on any atom is 0.311 e. The summed E-state index contributed by atoms with van der Waals surface area (Å²) in [6.45, 7) is 5.59. The SMILES string of the molecule is CC1=Nc2ccccc2/C1=C\c1sc(=O)n(CC(=O)Nc2ccc(C)c(C)c2)c1O. The number of hydrogen-bond acceptors (Lipinski definition) is 5. The van der Waals surface area contributed by atoms with E-state index in [1.807, 2.05) is 63.2 Å². The average molecular weight is 420 g/mol. The summed E-state index contributed by atoms with van der Waals surface area (Å²) in [6.07, 6.45) is 1.75. The van der Waals surface area contributed by atoms with Gasteiger partial charge in [0, 0.05) is 22.5 Å². The summed E-state index contributed by atoms with van der Waals surface area (Å²) in [6, 6.07) is 13.3. The Morgan fingerprint density at radius 2 is 1.93 bits per heavy atom. The molecule has 30 heavy (non-hydrogen) atoms. The molecule has 1 amide bonds. The van der Waals surface area contributed by atoms with Crippen LogP contribution in [0.1, 0.15) is 28.5 Å². The van der Waals surface area contributed by atoms with Gasteiger partial charge in [0.2, 0.25) is 11.8 Å². The minimum atomic E-state index is -0.393. The highest BCUT2D eigenvalue weighted by Gasteiger charge is 2.20. The van der Waals surface area contributed by atoms with E-state index in [4.69, 9.17) is 0 Å². The van der Waals surface area contributed by atoms with Gasteiger partial charge in [0.1, 0.15) is 6.54 Å². The van der Waals surface area contributed by atoms with Gasteiger partial charge in [0.05, 0.1) is 10.6 Å². The van der Waals surface area contributed by atoms with Gasteiger partial charge in [-0.1, -0.05) is 35.6 Å². The highest BCUT2D eigenvalue weighted by Crippen LogP contribution is 2.37. The van der Waals surface area contributed by atoms with E-state index in [9.17, 15) is 14.7 Å². The predicted molar refractivity (Wildman–Crippen MR) is 122 cm³/mol. The third kappa shape index (κ3) is 3.71. The van der Waals surface area contributed by atoms with Crippen LogP contribution in [-0.2, 0) is 11.3 Å². The van der Waals surface area contributed by atoms with E-state index in [2.05, 4.69) is 10.3 Å². The summed E-state index contributed by atoms with van der Waals surface area (Å²) < 4.78 is 1.08. The van der Waals surface area contributed by atoms with Crippen LogP contribution in [0.2, 0.25) is 0 Å². The lowest BCUT2D eigenvalue weighted by Gasteiger charge is -2.08. The van der Waals surface area contributed by atoms with Crippen molar-refractivity contribution in [2.45, 2.75) is 27.3 Å². The lowest BCUT2D eigenvalue weighted by molar-refractivity contribution is -0.116. The fourth-order valence-corrected chi connectivity index (χ4v) is 4.19. The molecule has 6 nitrogen and oxygen atoms in total. The number of nitrogens with zero attached hydrogens (tertiary/aromatic N) is 2. The Morgan fingerprint density at radius 3 is 2.70 bits per heavy atom. The molecule has 1 aromatic heterocycles. The van der Waals surface area contributed by atoms with E-state index in [1.165, 1.54) is 0 Å². The number of nitrogens with one attached hydrogen (secondary N) is 1. The zero-order valence-corrected chi connectivity index (χ0v) is 17.7. The molecule has 152 valence electrons. The predicted octanol–water partition coefficient (Wildman–Crippen LogP) is 4.52. The van der Waals surface area contributed by atoms with Gasteiger partial charge in [-0.05, 0) is 56.2 Å². The number of allylic oxidation sites excluding steroid dienone is 1. The summed E-state index contributed by atoms with van der Waals surface area (Å²) in [7, 11) is 0. The van der Waals surface area contributed by atoms with Crippen LogP contribution in [0.3, 0.4) is 0 Å². The number of benzene rings is 2. The van der Waals surface area contributed by atoms with Crippen LogP contribution < -0.4 is 10.2 Å². The number of amides is 1. The van der Waals surface area contributed by atoms with Gasteiger partial charge in [-0.3, -0.25) is 19.1 Å². The van der Waals surface area contributed by atoms with Crippen molar-refractivity contribution < 1.29 is 9.90 Å². The number of fused-ring (bicyclic) bond motifs is 1. The normalized spacial score (nSPS) is 14.0. The molecule has 7 heteroatoms. The van der Waals surface area contributed by atoms with Crippen molar-refractivity contribution in [3.8, 4) is 5.88 Å². The van der Waals surface area contributed by atoms with Crippen molar-refractivity contribution in [1.82, 2.24) is 4.57 Å². The molecule has 1 aliphatic heterocycles. The third-order valence-corrected chi connectivity index (χ3v) is 6.05. The number of aliphatic imine (C=N–C) groups is 1. The summed E-state index contributed by atoms with van der Waals surface area (Å²) in [5, 5.41) is 13.4. The molecule has 0 fully saturated rings. The Morgan fingerprint density at radius 1 is 1.17 bits per heavy atom. The molecule has 2 aromatic carbocycles. The number of aryl methyl sites for hydroxylation is 2. The van der Waals surface area contributed by atoms with Gasteiger partial charge in [0.25, 0.3) is 0 Å². The topological polar surface area (TPSA) is 83.7 Å². The highest BCUT2D eigenvalue weighted by molar-refractivity contribution is 7.10. The second-order valence-electron chi connectivity index (χ2n) is 7.26. The molecule has 0 radical (unpaired) electrons. The Bertz CT molecular complexity index is 1280. The average Bonchev–Trinajstić information content (AvgIpc) is 3.16. The van der Waals surface area contributed by atoms with Crippen LogP contribution in [0, 0.1) is 13.8 Å². The van der Waals surface area contributed by atoms with Crippen molar-refractivity contribution in [3.63, 3.8) is 0 Å². The third-order valence-electron chi connectivity index (χ3n) is 5.13. The zero-order valence-electron chi connectivity index (χ0n) is 16.9. The number of anilines is 1. The van der Waals surface area contributed by atoms with E-state index >= 15 is 0 Å². The zero-order chi connectivity index (χ0) is 21.4. The van der Waals surface area contributed by atoms with Crippen molar-refractivity contribution >= 4 is 46.0 Å². The van der Waals surface area contributed by atoms with Crippen molar-refractivity contribution in [1.29, 1.82) is 0 Å². The van der Waals surface area contributed by atoms with Crippen LogP contribution in [0.25, 0.3) is 11.6 Å². The van der Waals surface area contributed by atoms with Gasteiger partial charge < -0.3 is 10.4 Å². The van der Waals surface area contributed by atoms with Crippen LogP contribution in [0.15, 0.2) is 52.3 Å². The van der Waals surface area contributed by atoms with Crippen LogP contribution >= 0.6 is 11.3 Å². The molecule has 0 saturated carbocycles. The Balaban J connectivity index is 1.59. The van der Waals surface area contributed by atoms with Crippen molar-refractivity contribution in [2.75, 3.05) is 5.32 Å². The molecule has 1 aliphatic rings. The molecule has 0 aliphatic carbocycles. The molecular weight excluding hydrogens is 398 g/mol. The Hall–Kier alpha value is -3.45. The van der Waals surface area contributed by atoms with Gasteiger partial charge in [0.15, 0.2) is 0 Å². The van der Waals surface area contributed by atoms with E-state index in [0.717, 1.165) is 49.6 Å².